The molecule has 0 amide bonds. The predicted molar refractivity (Wildman–Crippen MR) is 136 cm³/mol. The van der Waals surface area contributed by atoms with Crippen LogP contribution in [0.25, 0.3) is 0 Å². The van der Waals surface area contributed by atoms with Crippen molar-refractivity contribution in [2.45, 2.75) is 63.6 Å². The number of fused-ring (bicyclic) bond motifs is 3. The second-order valence-corrected chi connectivity index (χ2v) is 10.6. The zero-order valence-electron chi connectivity index (χ0n) is 22.3. The van der Waals surface area contributed by atoms with Crippen LogP contribution >= 0.6 is 0 Å². The summed E-state index contributed by atoms with van der Waals surface area (Å²) in [5.74, 6) is -0.711. The second-order valence-electron chi connectivity index (χ2n) is 10.6. The van der Waals surface area contributed by atoms with Crippen LogP contribution in [-0.2, 0) is 32.9 Å². The first kappa shape index (κ1) is 28.4. The van der Waals surface area contributed by atoms with Gasteiger partial charge in [0.2, 0.25) is 0 Å². The normalized spacial score (nSPS) is 23.3. The molecule has 4 rings (SSSR count). The Labute approximate surface area is 221 Å². The van der Waals surface area contributed by atoms with Crippen molar-refractivity contribution in [1.82, 2.24) is 4.90 Å². The zero-order chi connectivity index (χ0) is 27.7. The van der Waals surface area contributed by atoms with Gasteiger partial charge in [0.05, 0.1) is 13.7 Å². The SMILES string of the molecule is COc1cc2c(cc1CO)[C@@H]1C[C@@H](OC(=O)[C@](OC)(c3ccccc3)C(F)(F)F)[C@H](CC(C)C)CN1CC2. The number of benzene rings is 2. The summed E-state index contributed by atoms with van der Waals surface area (Å²) in [5, 5.41) is 9.88. The average Bonchev–Trinajstić information content (AvgIpc) is 2.88. The highest BCUT2D eigenvalue weighted by atomic mass is 19.4. The Hall–Kier alpha value is -2.62. The topological polar surface area (TPSA) is 68.2 Å². The minimum absolute atomic E-state index is 0.133. The van der Waals surface area contributed by atoms with Gasteiger partial charge in [0, 0.05) is 49.7 Å². The first-order chi connectivity index (χ1) is 18.0. The summed E-state index contributed by atoms with van der Waals surface area (Å²) in [6.07, 6.45) is -3.92. The molecule has 2 aliphatic heterocycles. The molecule has 2 aromatic carbocycles. The molecule has 1 saturated heterocycles. The maximum absolute atomic E-state index is 14.5. The molecule has 2 aliphatic rings. The van der Waals surface area contributed by atoms with Crippen LogP contribution in [-0.4, -0.2) is 55.6 Å². The number of hydrogen-bond donors (Lipinski definition) is 1. The van der Waals surface area contributed by atoms with Crippen LogP contribution in [0.5, 0.6) is 5.75 Å². The number of esters is 1. The molecule has 4 atom stereocenters. The van der Waals surface area contributed by atoms with Gasteiger partial charge in [-0.1, -0.05) is 44.2 Å². The van der Waals surface area contributed by atoms with Crippen molar-refractivity contribution in [2.24, 2.45) is 11.8 Å². The maximum Gasteiger partial charge on any atom is 0.432 e. The lowest BCUT2D eigenvalue weighted by Crippen LogP contribution is -2.55. The minimum Gasteiger partial charge on any atom is -0.496 e. The van der Waals surface area contributed by atoms with Gasteiger partial charge in [-0.3, -0.25) is 4.90 Å². The molecule has 9 heteroatoms. The Morgan fingerprint density at radius 3 is 2.45 bits per heavy atom. The maximum atomic E-state index is 14.5. The molecule has 0 aromatic heterocycles. The van der Waals surface area contributed by atoms with Crippen molar-refractivity contribution in [2.75, 3.05) is 27.3 Å². The molecule has 2 aromatic rings. The smallest absolute Gasteiger partial charge is 0.432 e. The Morgan fingerprint density at radius 1 is 1.16 bits per heavy atom. The van der Waals surface area contributed by atoms with Crippen LogP contribution in [0.4, 0.5) is 13.2 Å². The fraction of sp³-hybridized carbons (Fsp3) is 0.552. The van der Waals surface area contributed by atoms with E-state index in [1.54, 1.807) is 13.2 Å². The quantitative estimate of drug-likeness (QED) is 0.471. The molecule has 0 radical (unpaired) electrons. The number of aliphatic hydroxyl groups is 1. The van der Waals surface area contributed by atoms with Gasteiger partial charge in [-0.25, -0.2) is 4.79 Å². The fourth-order valence-electron chi connectivity index (χ4n) is 6.05. The van der Waals surface area contributed by atoms with Crippen molar-refractivity contribution >= 4 is 5.97 Å². The molecule has 0 aliphatic carbocycles. The van der Waals surface area contributed by atoms with E-state index >= 15 is 0 Å². The van der Waals surface area contributed by atoms with E-state index in [2.05, 4.69) is 18.7 Å². The molecule has 0 bridgehead atoms. The highest BCUT2D eigenvalue weighted by molar-refractivity contribution is 5.83. The molecular weight excluding hydrogens is 499 g/mol. The standard InChI is InChI=1S/C29H36F3NO5/c1-18(2)12-20-16-33-11-10-19-14-25(36-3)21(17-34)13-23(19)24(33)15-26(20)38-27(35)28(37-4,29(30,31)32)22-8-6-5-7-9-22/h5-9,13-14,18,20,24,26,34H,10-12,15-17H2,1-4H3/t20-,24+,26-,28-/m1/s1. The predicted octanol–water partition coefficient (Wildman–Crippen LogP) is 5.17. The van der Waals surface area contributed by atoms with Crippen LogP contribution in [0.3, 0.4) is 0 Å². The summed E-state index contributed by atoms with van der Waals surface area (Å²) in [6, 6.07) is 10.6. The van der Waals surface area contributed by atoms with Crippen LogP contribution < -0.4 is 4.74 Å². The Balaban J connectivity index is 1.70. The van der Waals surface area contributed by atoms with Crippen LogP contribution in [0.1, 0.15) is 55.0 Å². The van der Waals surface area contributed by atoms with Crippen LogP contribution in [0.15, 0.2) is 42.5 Å². The number of carbonyl (C=O) groups excluding carboxylic acids is 1. The van der Waals surface area contributed by atoms with Gasteiger partial charge in [0.15, 0.2) is 0 Å². The van der Waals surface area contributed by atoms with Gasteiger partial charge < -0.3 is 19.3 Å². The number of piperidine rings is 1. The zero-order valence-corrected chi connectivity index (χ0v) is 22.3. The van der Waals surface area contributed by atoms with E-state index in [-0.39, 0.29) is 30.0 Å². The van der Waals surface area contributed by atoms with Crippen molar-refractivity contribution < 1.29 is 37.3 Å². The number of ether oxygens (including phenoxy) is 3. The van der Waals surface area contributed by atoms with E-state index in [4.69, 9.17) is 14.2 Å². The van der Waals surface area contributed by atoms with Gasteiger partial charge in [-0.05, 0) is 42.0 Å². The third kappa shape index (κ3) is 5.16. The van der Waals surface area contributed by atoms with Crippen LogP contribution in [0.2, 0.25) is 0 Å². The Bertz CT molecular complexity index is 1120. The first-order valence-corrected chi connectivity index (χ1v) is 13.0. The fourth-order valence-corrected chi connectivity index (χ4v) is 6.05. The lowest BCUT2D eigenvalue weighted by Gasteiger charge is -2.48. The molecule has 6 nitrogen and oxygen atoms in total. The van der Waals surface area contributed by atoms with Crippen molar-refractivity contribution in [3.63, 3.8) is 0 Å². The summed E-state index contributed by atoms with van der Waals surface area (Å²) in [7, 11) is 2.44. The molecule has 1 N–H and O–H groups in total. The number of halogens is 3. The van der Waals surface area contributed by atoms with E-state index in [1.165, 1.54) is 24.3 Å². The van der Waals surface area contributed by atoms with E-state index < -0.39 is 23.9 Å². The molecule has 1 fully saturated rings. The van der Waals surface area contributed by atoms with E-state index in [9.17, 15) is 23.1 Å². The molecule has 0 unspecified atom stereocenters. The summed E-state index contributed by atoms with van der Waals surface area (Å²) in [5.41, 5.74) is -0.845. The summed E-state index contributed by atoms with van der Waals surface area (Å²) >= 11 is 0. The monoisotopic (exact) mass is 535 g/mol. The van der Waals surface area contributed by atoms with Crippen molar-refractivity contribution in [3.8, 4) is 5.75 Å². The summed E-state index contributed by atoms with van der Waals surface area (Å²) < 4.78 is 59.8. The number of hydrogen-bond acceptors (Lipinski definition) is 6. The molecular formula is C29H36F3NO5. The lowest BCUT2D eigenvalue weighted by molar-refractivity contribution is -0.280. The third-order valence-corrected chi connectivity index (χ3v) is 7.84. The van der Waals surface area contributed by atoms with Gasteiger partial charge in [-0.2, -0.15) is 13.2 Å². The average molecular weight is 536 g/mol. The molecule has 2 heterocycles. The largest absolute Gasteiger partial charge is 0.496 e. The van der Waals surface area contributed by atoms with Crippen molar-refractivity contribution in [3.05, 3.63) is 64.7 Å². The molecule has 38 heavy (non-hydrogen) atoms. The minimum atomic E-state index is -5.03. The Morgan fingerprint density at radius 2 is 1.87 bits per heavy atom. The number of aliphatic hydroxyl groups excluding tert-OH is 1. The first-order valence-electron chi connectivity index (χ1n) is 13.0. The summed E-state index contributed by atoms with van der Waals surface area (Å²) in [4.78, 5) is 15.8. The number of rotatable bonds is 8. The molecule has 208 valence electrons. The number of carbonyl (C=O) groups is 1. The van der Waals surface area contributed by atoms with E-state index in [0.717, 1.165) is 31.2 Å². The van der Waals surface area contributed by atoms with Crippen LogP contribution in [0, 0.1) is 11.8 Å². The van der Waals surface area contributed by atoms with Gasteiger partial charge in [0.1, 0.15) is 11.9 Å². The number of nitrogens with zero attached hydrogens (tertiary/aromatic N) is 1. The molecule has 0 saturated carbocycles. The second kappa shape index (κ2) is 11.2. The lowest BCUT2D eigenvalue weighted by atomic mass is 9.78. The van der Waals surface area contributed by atoms with E-state index in [1.807, 2.05) is 12.1 Å². The van der Waals surface area contributed by atoms with Gasteiger partial charge in [0.25, 0.3) is 5.60 Å². The number of alkyl halides is 3. The van der Waals surface area contributed by atoms with Gasteiger partial charge >= 0.3 is 12.1 Å². The van der Waals surface area contributed by atoms with Crippen molar-refractivity contribution in [1.29, 1.82) is 0 Å². The highest BCUT2D eigenvalue weighted by Crippen LogP contribution is 2.46. The summed E-state index contributed by atoms with van der Waals surface area (Å²) in [6.45, 7) is 5.28. The Kier molecular flexibility index (Phi) is 8.40. The number of methoxy groups -OCH3 is 2. The third-order valence-electron chi connectivity index (χ3n) is 7.84. The van der Waals surface area contributed by atoms with E-state index in [0.29, 0.717) is 30.7 Å². The van der Waals surface area contributed by atoms with Gasteiger partial charge in [-0.15, -0.1) is 0 Å². The molecule has 0 spiro atoms. The highest BCUT2D eigenvalue weighted by Gasteiger charge is 2.64.